The molecule has 0 bridgehead atoms. The molecule has 4 heteroatoms. The zero-order valence-electron chi connectivity index (χ0n) is 11.0. The molecule has 0 radical (unpaired) electrons. The average Bonchev–Trinajstić information content (AvgIpc) is 2.29. The Morgan fingerprint density at radius 1 is 1.39 bits per heavy atom. The molecule has 3 nitrogen and oxygen atoms in total. The number of rotatable bonds is 6. The summed E-state index contributed by atoms with van der Waals surface area (Å²) < 4.78 is 12.7. The third-order valence-electron chi connectivity index (χ3n) is 2.93. The third-order valence-corrected chi connectivity index (χ3v) is 2.93. The number of carbonyl (C=O) groups is 1. The van der Waals surface area contributed by atoms with E-state index in [9.17, 15) is 9.18 Å². The van der Waals surface area contributed by atoms with Crippen LogP contribution in [0.4, 0.5) is 4.39 Å². The van der Waals surface area contributed by atoms with Crippen molar-refractivity contribution in [3.63, 3.8) is 0 Å². The number of benzene rings is 1. The second-order valence-electron chi connectivity index (χ2n) is 5.30. The minimum atomic E-state index is -0.816. The molecule has 1 aromatic rings. The van der Waals surface area contributed by atoms with Crippen LogP contribution in [-0.2, 0) is 11.2 Å². The normalized spacial score (nSPS) is 13.3. The Morgan fingerprint density at radius 3 is 2.44 bits per heavy atom. The molecule has 1 atom stereocenters. The van der Waals surface area contributed by atoms with Crippen LogP contribution in [-0.4, -0.2) is 23.7 Å². The van der Waals surface area contributed by atoms with Gasteiger partial charge in [-0.3, -0.25) is 4.79 Å². The van der Waals surface area contributed by atoms with Crippen molar-refractivity contribution in [1.82, 2.24) is 5.32 Å². The number of hydrogen-bond donors (Lipinski definition) is 2. The predicted octanol–water partition coefficient (Wildman–Crippen LogP) is 2.46. The van der Waals surface area contributed by atoms with Crippen molar-refractivity contribution in [1.29, 1.82) is 0 Å². The van der Waals surface area contributed by atoms with Crippen molar-refractivity contribution in [2.24, 2.45) is 5.41 Å². The monoisotopic (exact) mass is 253 g/mol. The lowest BCUT2D eigenvalue weighted by atomic mass is 9.93. The first-order valence-electron chi connectivity index (χ1n) is 6.02. The van der Waals surface area contributed by atoms with E-state index in [0.717, 1.165) is 12.0 Å². The van der Waals surface area contributed by atoms with Crippen molar-refractivity contribution < 1.29 is 14.3 Å². The Bertz CT molecular complexity index is 401. The van der Waals surface area contributed by atoms with Crippen LogP contribution in [0.3, 0.4) is 0 Å². The van der Waals surface area contributed by atoms with Crippen LogP contribution in [0.1, 0.15) is 26.3 Å². The molecule has 100 valence electrons. The maximum Gasteiger partial charge on any atom is 0.310 e. The third kappa shape index (κ3) is 4.45. The molecule has 0 amide bonds. The lowest BCUT2D eigenvalue weighted by Crippen LogP contribution is -2.40. The smallest absolute Gasteiger partial charge is 0.310 e. The van der Waals surface area contributed by atoms with Gasteiger partial charge in [0.15, 0.2) is 0 Å². The summed E-state index contributed by atoms with van der Waals surface area (Å²) in [5, 5.41) is 12.2. The fraction of sp³-hybridized carbons (Fsp3) is 0.500. The van der Waals surface area contributed by atoms with E-state index in [1.165, 1.54) is 12.1 Å². The van der Waals surface area contributed by atoms with Gasteiger partial charge in [-0.25, -0.2) is 4.39 Å². The summed E-state index contributed by atoms with van der Waals surface area (Å²) in [4.78, 5) is 10.9. The van der Waals surface area contributed by atoms with E-state index in [1.54, 1.807) is 26.0 Å². The summed E-state index contributed by atoms with van der Waals surface area (Å²) >= 11 is 0. The number of halogens is 1. The molecule has 0 spiro atoms. The highest BCUT2D eigenvalue weighted by molar-refractivity contribution is 5.73. The Balaban J connectivity index is 2.45. The van der Waals surface area contributed by atoms with Crippen LogP contribution in [0.2, 0.25) is 0 Å². The summed E-state index contributed by atoms with van der Waals surface area (Å²) in [6.45, 7) is 5.77. The molecule has 1 unspecified atom stereocenters. The molecule has 0 saturated carbocycles. The number of carboxylic acid groups (broad SMARTS) is 1. The lowest BCUT2D eigenvalue weighted by Gasteiger charge is -2.23. The van der Waals surface area contributed by atoms with Gasteiger partial charge in [0.25, 0.3) is 0 Å². The van der Waals surface area contributed by atoms with Crippen LogP contribution < -0.4 is 5.32 Å². The second-order valence-corrected chi connectivity index (χ2v) is 5.30. The van der Waals surface area contributed by atoms with Crippen molar-refractivity contribution in [3.8, 4) is 0 Å². The molecule has 1 aromatic carbocycles. The number of carboxylic acids is 1. The van der Waals surface area contributed by atoms with Gasteiger partial charge >= 0.3 is 5.97 Å². The number of nitrogens with one attached hydrogen (secondary N) is 1. The maximum atomic E-state index is 12.7. The zero-order chi connectivity index (χ0) is 13.8. The van der Waals surface area contributed by atoms with Crippen molar-refractivity contribution in [2.75, 3.05) is 6.54 Å². The van der Waals surface area contributed by atoms with E-state index in [0.29, 0.717) is 6.54 Å². The van der Waals surface area contributed by atoms with E-state index in [1.807, 2.05) is 6.92 Å². The first-order chi connectivity index (χ1) is 8.31. The molecule has 0 aliphatic heterocycles. The zero-order valence-corrected chi connectivity index (χ0v) is 11.0. The van der Waals surface area contributed by atoms with Crippen molar-refractivity contribution >= 4 is 5.97 Å². The van der Waals surface area contributed by atoms with Crippen LogP contribution in [0, 0.1) is 11.2 Å². The van der Waals surface area contributed by atoms with Gasteiger partial charge in [-0.15, -0.1) is 0 Å². The number of hydrogen-bond acceptors (Lipinski definition) is 2. The predicted molar refractivity (Wildman–Crippen MR) is 69.0 cm³/mol. The Hall–Kier alpha value is -1.42. The molecule has 0 aliphatic carbocycles. The molecule has 0 aliphatic rings. The van der Waals surface area contributed by atoms with Crippen molar-refractivity contribution in [2.45, 2.75) is 33.2 Å². The number of aliphatic carboxylic acids is 1. The topological polar surface area (TPSA) is 49.3 Å². The summed E-state index contributed by atoms with van der Waals surface area (Å²) in [5.74, 6) is -1.06. The molecule has 18 heavy (non-hydrogen) atoms. The van der Waals surface area contributed by atoms with Gasteiger partial charge in [-0.1, -0.05) is 12.1 Å². The van der Waals surface area contributed by atoms with Gasteiger partial charge in [0.05, 0.1) is 5.41 Å². The van der Waals surface area contributed by atoms with Gasteiger partial charge in [0.1, 0.15) is 5.82 Å². The highest BCUT2D eigenvalue weighted by Gasteiger charge is 2.27. The SMILES string of the molecule is CC(Cc1ccc(F)cc1)NCC(C)(C)C(=O)O. The van der Waals surface area contributed by atoms with Gasteiger partial charge in [-0.05, 0) is 44.9 Å². The molecule has 0 heterocycles. The van der Waals surface area contributed by atoms with E-state index < -0.39 is 11.4 Å². The van der Waals surface area contributed by atoms with Crippen LogP contribution in [0.5, 0.6) is 0 Å². The highest BCUT2D eigenvalue weighted by Crippen LogP contribution is 2.14. The minimum Gasteiger partial charge on any atom is -0.481 e. The molecule has 0 fully saturated rings. The molecule has 1 rings (SSSR count). The molecular formula is C14H20FNO2. The lowest BCUT2D eigenvalue weighted by molar-refractivity contribution is -0.146. The summed E-state index contributed by atoms with van der Waals surface area (Å²) in [6, 6.07) is 6.51. The molecule has 2 N–H and O–H groups in total. The maximum absolute atomic E-state index is 12.7. The van der Waals surface area contributed by atoms with Gasteiger partial charge < -0.3 is 10.4 Å². The minimum absolute atomic E-state index is 0.147. The Kier molecular flexibility index (Phi) is 4.84. The molecule has 0 aromatic heterocycles. The van der Waals surface area contributed by atoms with Gasteiger partial charge in [0.2, 0.25) is 0 Å². The summed E-state index contributed by atoms with van der Waals surface area (Å²) in [6.07, 6.45) is 0.746. The fourth-order valence-electron chi connectivity index (χ4n) is 1.55. The standard InChI is InChI=1S/C14H20FNO2/c1-10(16-9-14(2,3)13(17)18)8-11-4-6-12(15)7-5-11/h4-7,10,16H,8-9H2,1-3H3,(H,17,18). The Labute approximate surface area is 107 Å². The summed E-state index contributed by atoms with van der Waals surface area (Å²) in [7, 11) is 0. The van der Waals surface area contributed by atoms with E-state index in [-0.39, 0.29) is 11.9 Å². The Morgan fingerprint density at radius 2 is 1.94 bits per heavy atom. The van der Waals surface area contributed by atoms with Crippen molar-refractivity contribution in [3.05, 3.63) is 35.6 Å². The molecule has 0 saturated heterocycles. The fourth-order valence-corrected chi connectivity index (χ4v) is 1.55. The quantitative estimate of drug-likeness (QED) is 0.818. The summed E-state index contributed by atoms with van der Waals surface area (Å²) in [5.41, 5.74) is 0.251. The van der Waals surface area contributed by atoms with Gasteiger partial charge in [0, 0.05) is 12.6 Å². The van der Waals surface area contributed by atoms with E-state index in [2.05, 4.69) is 5.32 Å². The van der Waals surface area contributed by atoms with Gasteiger partial charge in [-0.2, -0.15) is 0 Å². The van der Waals surface area contributed by atoms with Crippen LogP contribution in [0.25, 0.3) is 0 Å². The van der Waals surface area contributed by atoms with Crippen LogP contribution in [0.15, 0.2) is 24.3 Å². The first-order valence-corrected chi connectivity index (χ1v) is 6.02. The first kappa shape index (κ1) is 14.6. The average molecular weight is 253 g/mol. The van der Waals surface area contributed by atoms with E-state index in [4.69, 9.17) is 5.11 Å². The molecular weight excluding hydrogens is 233 g/mol. The van der Waals surface area contributed by atoms with Crippen LogP contribution >= 0.6 is 0 Å². The largest absolute Gasteiger partial charge is 0.481 e. The highest BCUT2D eigenvalue weighted by atomic mass is 19.1. The van der Waals surface area contributed by atoms with E-state index >= 15 is 0 Å². The second kappa shape index (κ2) is 5.96.